The van der Waals surface area contributed by atoms with Crippen molar-refractivity contribution < 1.29 is 4.79 Å². The standard InChI is InChI=1S/C10H13N7O/c1-11-10(18)8-2-3-9(15-14-8)12-4-6-17-7-5-13-16-17/h2-3,5,7H,4,6H2,1H3,(H,11,18)(H,12,15). The summed E-state index contributed by atoms with van der Waals surface area (Å²) in [4.78, 5) is 11.2. The lowest BCUT2D eigenvalue weighted by Crippen LogP contribution is -2.20. The van der Waals surface area contributed by atoms with Gasteiger partial charge in [-0.1, -0.05) is 5.21 Å². The lowest BCUT2D eigenvalue weighted by atomic mass is 10.3. The van der Waals surface area contributed by atoms with E-state index in [9.17, 15) is 4.79 Å². The second-order valence-corrected chi connectivity index (χ2v) is 3.48. The summed E-state index contributed by atoms with van der Waals surface area (Å²) in [7, 11) is 1.55. The van der Waals surface area contributed by atoms with Crippen molar-refractivity contribution in [1.29, 1.82) is 0 Å². The summed E-state index contributed by atoms with van der Waals surface area (Å²) in [5, 5.41) is 20.8. The topological polar surface area (TPSA) is 97.6 Å². The Labute approximate surface area is 103 Å². The minimum Gasteiger partial charge on any atom is -0.367 e. The van der Waals surface area contributed by atoms with Crippen molar-refractivity contribution in [1.82, 2.24) is 30.5 Å². The van der Waals surface area contributed by atoms with Crippen LogP contribution in [0.15, 0.2) is 24.5 Å². The van der Waals surface area contributed by atoms with Gasteiger partial charge in [0.2, 0.25) is 0 Å². The summed E-state index contributed by atoms with van der Waals surface area (Å²) in [6, 6.07) is 3.32. The summed E-state index contributed by atoms with van der Waals surface area (Å²) in [5.41, 5.74) is 0.291. The molecule has 2 rings (SSSR count). The first-order chi connectivity index (χ1) is 8.79. The number of aromatic nitrogens is 5. The van der Waals surface area contributed by atoms with Gasteiger partial charge in [0.05, 0.1) is 12.7 Å². The molecule has 0 saturated heterocycles. The van der Waals surface area contributed by atoms with E-state index in [0.717, 1.165) is 0 Å². The van der Waals surface area contributed by atoms with Crippen LogP contribution in [0, 0.1) is 0 Å². The zero-order chi connectivity index (χ0) is 12.8. The Morgan fingerprint density at radius 1 is 1.39 bits per heavy atom. The highest BCUT2D eigenvalue weighted by Gasteiger charge is 2.04. The Bertz CT molecular complexity index is 493. The van der Waals surface area contributed by atoms with Crippen molar-refractivity contribution in [3.05, 3.63) is 30.2 Å². The van der Waals surface area contributed by atoms with Gasteiger partial charge in [-0.05, 0) is 12.1 Å². The highest BCUT2D eigenvalue weighted by atomic mass is 16.1. The smallest absolute Gasteiger partial charge is 0.271 e. The molecule has 0 fully saturated rings. The normalized spacial score (nSPS) is 10.1. The van der Waals surface area contributed by atoms with E-state index in [1.807, 2.05) is 0 Å². The Hall–Kier alpha value is -2.51. The molecule has 0 atom stereocenters. The van der Waals surface area contributed by atoms with Crippen LogP contribution in [0.5, 0.6) is 0 Å². The molecule has 0 aliphatic rings. The number of carbonyl (C=O) groups excluding carboxylic acids is 1. The van der Waals surface area contributed by atoms with Crippen LogP contribution in [0.2, 0.25) is 0 Å². The molecule has 8 heteroatoms. The van der Waals surface area contributed by atoms with E-state index in [2.05, 4.69) is 31.1 Å². The van der Waals surface area contributed by atoms with E-state index in [1.165, 1.54) is 0 Å². The number of nitrogens with zero attached hydrogens (tertiary/aromatic N) is 5. The molecule has 1 amide bonds. The average molecular weight is 247 g/mol. The average Bonchev–Trinajstić information content (AvgIpc) is 2.92. The van der Waals surface area contributed by atoms with Crippen molar-refractivity contribution in [2.45, 2.75) is 6.54 Å². The van der Waals surface area contributed by atoms with Gasteiger partial charge in [-0.2, -0.15) is 0 Å². The summed E-state index contributed by atoms with van der Waals surface area (Å²) >= 11 is 0. The number of amides is 1. The Kier molecular flexibility index (Phi) is 3.79. The van der Waals surface area contributed by atoms with Crippen molar-refractivity contribution in [2.24, 2.45) is 0 Å². The largest absolute Gasteiger partial charge is 0.367 e. The third-order valence-electron chi connectivity index (χ3n) is 2.24. The van der Waals surface area contributed by atoms with Crippen LogP contribution >= 0.6 is 0 Å². The molecule has 0 radical (unpaired) electrons. The predicted octanol–water partition coefficient (Wildman–Crippen LogP) is -0.460. The molecule has 2 aromatic heterocycles. The van der Waals surface area contributed by atoms with Gasteiger partial charge in [-0.15, -0.1) is 15.3 Å². The van der Waals surface area contributed by atoms with E-state index >= 15 is 0 Å². The van der Waals surface area contributed by atoms with Crippen LogP contribution in [-0.2, 0) is 6.54 Å². The Balaban J connectivity index is 1.85. The molecule has 0 aromatic carbocycles. The van der Waals surface area contributed by atoms with E-state index in [1.54, 1.807) is 36.3 Å². The van der Waals surface area contributed by atoms with Crippen LogP contribution in [0.1, 0.15) is 10.5 Å². The fourth-order valence-corrected chi connectivity index (χ4v) is 1.33. The van der Waals surface area contributed by atoms with E-state index in [4.69, 9.17) is 0 Å². The first kappa shape index (κ1) is 12.0. The molecule has 0 spiro atoms. The highest BCUT2D eigenvalue weighted by molar-refractivity contribution is 5.91. The fraction of sp³-hybridized carbons (Fsp3) is 0.300. The molecule has 2 N–H and O–H groups in total. The highest BCUT2D eigenvalue weighted by Crippen LogP contribution is 2.01. The van der Waals surface area contributed by atoms with Gasteiger partial charge in [0.1, 0.15) is 5.82 Å². The second kappa shape index (κ2) is 5.71. The van der Waals surface area contributed by atoms with Gasteiger partial charge in [0.15, 0.2) is 5.69 Å². The molecular formula is C10H13N7O. The van der Waals surface area contributed by atoms with Gasteiger partial charge in [0, 0.05) is 19.8 Å². The number of carbonyl (C=O) groups is 1. The molecule has 2 heterocycles. The molecule has 2 aromatic rings. The minimum absolute atomic E-state index is 0.253. The second-order valence-electron chi connectivity index (χ2n) is 3.48. The molecular weight excluding hydrogens is 234 g/mol. The maximum atomic E-state index is 11.2. The Morgan fingerprint density at radius 3 is 2.89 bits per heavy atom. The van der Waals surface area contributed by atoms with Crippen LogP contribution < -0.4 is 10.6 Å². The molecule has 0 unspecified atom stereocenters. The van der Waals surface area contributed by atoms with Gasteiger partial charge in [0.25, 0.3) is 5.91 Å². The maximum Gasteiger partial charge on any atom is 0.271 e. The molecule has 0 aliphatic carbocycles. The lowest BCUT2D eigenvalue weighted by Gasteiger charge is -2.05. The Morgan fingerprint density at radius 2 is 2.28 bits per heavy atom. The van der Waals surface area contributed by atoms with Gasteiger partial charge in [-0.25, -0.2) is 0 Å². The van der Waals surface area contributed by atoms with Crippen molar-refractivity contribution >= 4 is 11.7 Å². The van der Waals surface area contributed by atoms with Gasteiger partial charge < -0.3 is 10.6 Å². The van der Waals surface area contributed by atoms with Crippen LogP contribution in [0.25, 0.3) is 0 Å². The zero-order valence-corrected chi connectivity index (χ0v) is 9.87. The molecule has 0 bridgehead atoms. The quantitative estimate of drug-likeness (QED) is 0.742. The summed E-state index contributed by atoms with van der Waals surface area (Å²) in [5.74, 6) is 0.361. The summed E-state index contributed by atoms with van der Waals surface area (Å²) < 4.78 is 1.71. The van der Waals surface area contributed by atoms with E-state index in [-0.39, 0.29) is 5.91 Å². The first-order valence-corrected chi connectivity index (χ1v) is 5.43. The summed E-state index contributed by atoms with van der Waals surface area (Å²) in [6.07, 6.45) is 3.40. The number of hydrogen-bond acceptors (Lipinski definition) is 6. The predicted molar refractivity (Wildman–Crippen MR) is 63.9 cm³/mol. The van der Waals surface area contributed by atoms with Crippen molar-refractivity contribution in [3.8, 4) is 0 Å². The van der Waals surface area contributed by atoms with Crippen molar-refractivity contribution in [3.63, 3.8) is 0 Å². The molecule has 0 aliphatic heterocycles. The SMILES string of the molecule is CNC(=O)c1ccc(NCCn2ccnn2)nn1. The molecule has 8 nitrogen and oxygen atoms in total. The molecule has 94 valence electrons. The minimum atomic E-state index is -0.253. The number of nitrogens with one attached hydrogen (secondary N) is 2. The number of anilines is 1. The van der Waals surface area contributed by atoms with Crippen LogP contribution in [0.4, 0.5) is 5.82 Å². The zero-order valence-electron chi connectivity index (χ0n) is 9.87. The van der Waals surface area contributed by atoms with Crippen LogP contribution in [-0.4, -0.2) is 44.7 Å². The summed E-state index contributed by atoms with van der Waals surface area (Å²) in [6.45, 7) is 1.33. The van der Waals surface area contributed by atoms with E-state index < -0.39 is 0 Å². The molecule has 18 heavy (non-hydrogen) atoms. The lowest BCUT2D eigenvalue weighted by molar-refractivity contribution is 0.0957. The monoisotopic (exact) mass is 247 g/mol. The third-order valence-corrected chi connectivity index (χ3v) is 2.24. The molecule has 0 saturated carbocycles. The first-order valence-electron chi connectivity index (χ1n) is 5.43. The fourth-order valence-electron chi connectivity index (χ4n) is 1.33. The van der Waals surface area contributed by atoms with Crippen LogP contribution in [0.3, 0.4) is 0 Å². The van der Waals surface area contributed by atoms with Gasteiger partial charge >= 0.3 is 0 Å². The number of rotatable bonds is 5. The third kappa shape index (κ3) is 3.00. The number of hydrogen-bond donors (Lipinski definition) is 2. The maximum absolute atomic E-state index is 11.2. The van der Waals surface area contributed by atoms with Crippen molar-refractivity contribution in [2.75, 3.05) is 18.9 Å². The van der Waals surface area contributed by atoms with E-state index in [0.29, 0.717) is 24.6 Å². The van der Waals surface area contributed by atoms with Gasteiger partial charge in [-0.3, -0.25) is 9.48 Å².